The largest absolute Gasteiger partial charge is 0.497 e. The molecular formula is C17H16O8S. The van der Waals surface area contributed by atoms with E-state index in [9.17, 15) is 13.2 Å². The van der Waals surface area contributed by atoms with Crippen LogP contribution in [0.15, 0.2) is 41.3 Å². The van der Waals surface area contributed by atoms with Crippen molar-refractivity contribution >= 4 is 16.1 Å². The van der Waals surface area contributed by atoms with E-state index in [0.29, 0.717) is 30.5 Å². The molecule has 26 heavy (non-hydrogen) atoms. The highest BCUT2D eigenvalue weighted by Crippen LogP contribution is 2.34. The average molecular weight is 380 g/mol. The second-order valence-electron chi connectivity index (χ2n) is 5.20. The van der Waals surface area contributed by atoms with Crippen LogP contribution in [0.5, 0.6) is 23.0 Å². The Morgan fingerprint density at radius 1 is 1.00 bits per heavy atom. The third-order valence-corrected chi connectivity index (χ3v) is 4.83. The Hall–Kier alpha value is -2.94. The maximum Gasteiger partial charge on any atom is 0.341 e. The molecule has 0 atom stereocenters. The second-order valence-corrected chi connectivity index (χ2v) is 6.74. The first kappa shape index (κ1) is 17.9. The number of hydrogen-bond acceptors (Lipinski definition) is 8. The van der Waals surface area contributed by atoms with E-state index in [2.05, 4.69) is 4.74 Å². The SMILES string of the molecule is COC(=O)c1ccc(OC)cc1OS(=O)(=O)c1ccc2c(c1)OCCO2. The van der Waals surface area contributed by atoms with Crippen molar-refractivity contribution in [1.29, 1.82) is 0 Å². The first-order chi connectivity index (χ1) is 12.4. The summed E-state index contributed by atoms with van der Waals surface area (Å²) in [6.45, 7) is 0.710. The summed E-state index contributed by atoms with van der Waals surface area (Å²) >= 11 is 0. The van der Waals surface area contributed by atoms with Crippen LogP contribution in [0.3, 0.4) is 0 Å². The summed E-state index contributed by atoms with van der Waals surface area (Å²) < 4.78 is 50.9. The fourth-order valence-electron chi connectivity index (χ4n) is 2.32. The average Bonchev–Trinajstić information content (AvgIpc) is 2.66. The number of hydrogen-bond donors (Lipinski definition) is 0. The number of fused-ring (bicyclic) bond motifs is 1. The zero-order chi connectivity index (χ0) is 18.7. The van der Waals surface area contributed by atoms with E-state index in [0.717, 1.165) is 0 Å². The third-order valence-electron chi connectivity index (χ3n) is 3.60. The Morgan fingerprint density at radius 2 is 1.73 bits per heavy atom. The number of benzene rings is 2. The summed E-state index contributed by atoms with van der Waals surface area (Å²) in [5, 5.41) is 0. The number of rotatable bonds is 5. The molecule has 0 unspecified atom stereocenters. The van der Waals surface area contributed by atoms with Crippen LogP contribution in [0.1, 0.15) is 10.4 Å². The third kappa shape index (κ3) is 3.52. The molecule has 0 saturated carbocycles. The lowest BCUT2D eigenvalue weighted by Crippen LogP contribution is -2.17. The van der Waals surface area contributed by atoms with Crippen LogP contribution in [0, 0.1) is 0 Å². The van der Waals surface area contributed by atoms with E-state index < -0.39 is 16.1 Å². The molecule has 1 heterocycles. The molecule has 1 aliphatic heterocycles. The lowest BCUT2D eigenvalue weighted by Gasteiger charge is -2.19. The van der Waals surface area contributed by atoms with Crippen LogP contribution < -0.4 is 18.4 Å². The van der Waals surface area contributed by atoms with Crippen molar-refractivity contribution in [3.63, 3.8) is 0 Å². The molecule has 8 nitrogen and oxygen atoms in total. The highest BCUT2D eigenvalue weighted by Gasteiger charge is 2.24. The predicted octanol–water partition coefficient (Wildman–Crippen LogP) is 2.02. The lowest BCUT2D eigenvalue weighted by molar-refractivity contribution is 0.0599. The maximum atomic E-state index is 12.6. The molecule has 0 radical (unpaired) electrons. The van der Waals surface area contributed by atoms with Gasteiger partial charge in [0.2, 0.25) is 0 Å². The van der Waals surface area contributed by atoms with E-state index in [1.54, 1.807) is 0 Å². The highest BCUT2D eigenvalue weighted by molar-refractivity contribution is 7.87. The smallest absolute Gasteiger partial charge is 0.341 e. The van der Waals surface area contributed by atoms with Gasteiger partial charge < -0.3 is 23.1 Å². The summed E-state index contributed by atoms with van der Waals surface area (Å²) in [6.07, 6.45) is 0. The predicted molar refractivity (Wildman–Crippen MR) is 89.6 cm³/mol. The number of methoxy groups -OCH3 is 2. The molecule has 0 bridgehead atoms. The van der Waals surface area contributed by atoms with Gasteiger partial charge in [0.1, 0.15) is 29.4 Å². The van der Waals surface area contributed by atoms with Crippen molar-refractivity contribution in [2.75, 3.05) is 27.4 Å². The number of carbonyl (C=O) groups excluding carboxylic acids is 1. The van der Waals surface area contributed by atoms with Crippen LogP contribution in [0.2, 0.25) is 0 Å². The molecule has 0 aromatic heterocycles. The Bertz CT molecular complexity index is 936. The minimum absolute atomic E-state index is 0.0468. The molecule has 2 aromatic carbocycles. The Morgan fingerprint density at radius 3 is 2.42 bits per heavy atom. The van der Waals surface area contributed by atoms with Crippen molar-refractivity contribution in [2.45, 2.75) is 4.90 Å². The van der Waals surface area contributed by atoms with Gasteiger partial charge in [-0.15, -0.1) is 0 Å². The number of esters is 1. The Balaban J connectivity index is 1.98. The highest BCUT2D eigenvalue weighted by atomic mass is 32.2. The van der Waals surface area contributed by atoms with E-state index in [-0.39, 0.29) is 16.2 Å². The number of carbonyl (C=O) groups is 1. The monoisotopic (exact) mass is 380 g/mol. The van der Waals surface area contributed by atoms with Crippen LogP contribution in [-0.4, -0.2) is 41.8 Å². The zero-order valence-electron chi connectivity index (χ0n) is 14.1. The number of ether oxygens (including phenoxy) is 4. The summed E-state index contributed by atoms with van der Waals surface area (Å²) in [5.74, 6) is 0.141. The van der Waals surface area contributed by atoms with E-state index >= 15 is 0 Å². The standard InChI is InChI=1S/C17H16O8S/c1-21-11-3-5-13(17(18)22-2)15(9-11)25-26(19,20)12-4-6-14-16(10-12)24-8-7-23-14/h3-6,9-10H,7-8H2,1-2H3. The molecular weight excluding hydrogens is 364 g/mol. The van der Waals surface area contributed by atoms with Crippen molar-refractivity contribution in [3.8, 4) is 23.0 Å². The van der Waals surface area contributed by atoms with Crippen LogP contribution in [-0.2, 0) is 14.9 Å². The second kappa shape index (κ2) is 7.12. The van der Waals surface area contributed by atoms with Gasteiger partial charge >= 0.3 is 16.1 Å². The minimum atomic E-state index is -4.23. The normalized spacial score (nSPS) is 13.0. The first-order valence-electron chi connectivity index (χ1n) is 7.55. The summed E-state index contributed by atoms with van der Waals surface area (Å²) in [6, 6.07) is 8.27. The lowest BCUT2D eigenvalue weighted by atomic mass is 10.2. The Labute approximate surface area is 150 Å². The topological polar surface area (TPSA) is 97.4 Å². The Kier molecular flexibility index (Phi) is 4.90. The van der Waals surface area contributed by atoms with Gasteiger partial charge in [-0.25, -0.2) is 4.79 Å². The van der Waals surface area contributed by atoms with E-state index in [4.69, 9.17) is 18.4 Å². The molecule has 0 spiro atoms. The van der Waals surface area contributed by atoms with Gasteiger partial charge in [-0.3, -0.25) is 0 Å². The van der Waals surface area contributed by atoms with Crippen LogP contribution >= 0.6 is 0 Å². The molecule has 138 valence electrons. The van der Waals surface area contributed by atoms with Gasteiger partial charge in [-0.05, 0) is 24.3 Å². The van der Waals surface area contributed by atoms with Crippen molar-refractivity contribution in [2.24, 2.45) is 0 Å². The summed E-state index contributed by atoms with van der Waals surface area (Å²) in [7, 11) is -1.64. The van der Waals surface area contributed by atoms with Gasteiger partial charge in [-0.1, -0.05) is 0 Å². The molecule has 9 heteroatoms. The fraction of sp³-hybridized carbons (Fsp3) is 0.235. The molecule has 3 rings (SSSR count). The van der Waals surface area contributed by atoms with Gasteiger partial charge in [0.15, 0.2) is 17.2 Å². The molecule has 0 aliphatic carbocycles. The summed E-state index contributed by atoms with van der Waals surface area (Å²) in [4.78, 5) is 11.7. The van der Waals surface area contributed by atoms with Crippen LogP contribution in [0.25, 0.3) is 0 Å². The van der Waals surface area contributed by atoms with Crippen molar-refractivity contribution in [3.05, 3.63) is 42.0 Å². The van der Waals surface area contributed by atoms with Crippen LogP contribution in [0.4, 0.5) is 0 Å². The first-order valence-corrected chi connectivity index (χ1v) is 8.96. The minimum Gasteiger partial charge on any atom is -0.497 e. The molecule has 0 N–H and O–H groups in total. The molecule has 0 amide bonds. The molecule has 0 fully saturated rings. The van der Waals surface area contributed by atoms with E-state index in [1.807, 2.05) is 0 Å². The fourth-order valence-corrected chi connectivity index (χ4v) is 3.28. The van der Waals surface area contributed by atoms with E-state index in [1.165, 1.54) is 50.6 Å². The van der Waals surface area contributed by atoms with Gasteiger partial charge in [0.05, 0.1) is 14.2 Å². The summed E-state index contributed by atoms with van der Waals surface area (Å²) in [5.41, 5.74) is -0.0468. The molecule has 0 saturated heterocycles. The maximum absolute atomic E-state index is 12.6. The van der Waals surface area contributed by atoms with Crippen molar-refractivity contribution in [1.82, 2.24) is 0 Å². The van der Waals surface area contributed by atoms with Gasteiger partial charge in [0.25, 0.3) is 0 Å². The van der Waals surface area contributed by atoms with Gasteiger partial charge in [-0.2, -0.15) is 8.42 Å². The molecule has 1 aliphatic rings. The zero-order valence-corrected chi connectivity index (χ0v) is 14.9. The van der Waals surface area contributed by atoms with Crippen molar-refractivity contribution < 1.29 is 36.3 Å². The quantitative estimate of drug-likeness (QED) is 0.574. The van der Waals surface area contributed by atoms with Gasteiger partial charge in [0, 0.05) is 12.1 Å². The molecule has 2 aromatic rings.